The van der Waals surface area contributed by atoms with Crippen LogP contribution in [-0.2, 0) is 39.0 Å². The van der Waals surface area contributed by atoms with E-state index in [4.69, 9.17) is 0 Å². The molecular weight excluding hydrogens is 442 g/mol. The summed E-state index contributed by atoms with van der Waals surface area (Å²) in [6.45, 7) is 2.55. The van der Waals surface area contributed by atoms with Gasteiger partial charge in [0.2, 0.25) is 21.8 Å². The van der Waals surface area contributed by atoms with Crippen LogP contribution in [0.15, 0.2) is 42.7 Å². The number of carbonyl (C=O) groups excluding carboxylic acids is 2. The van der Waals surface area contributed by atoms with Crippen molar-refractivity contribution >= 4 is 21.8 Å². The summed E-state index contributed by atoms with van der Waals surface area (Å²) in [5, 5.41) is 9.74. The van der Waals surface area contributed by atoms with Gasteiger partial charge in [0, 0.05) is 31.9 Å². The third-order valence-corrected chi connectivity index (χ3v) is 7.59. The lowest BCUT2D eigenvalue weighted by Gasteiger charge is -2.34. The van der Waals surface area contributed by atoms with Gasteiger partial charge in [0.15, 0.2) is 0 Å². The minimum atomic E-state index is -3.68. The second-order valence-electron chi connectivity index (χ2n) is 8.45. The molecule has 2 N–H and O–H groups in total. The lowest BCUT2D eigenvalue weighted by atomic mass is 10.0. The molecule has 33 heavy (non-hydrogen) atoms. The topological polar surface area (TPSA) is 113 Å². The molecule has 1 fully saturated rings. The summed E-state index contributed by atoms with van der Waals surface area (Å²) in [4.78, 5) is 25.9. The molecule has 1 saturated heterocycles. The number of sulfonamides is 1. The lowest BCUT2D eigenvalue weighted by molar-refractivity contribution is -0.131. The van der Waals surface area contributed by atoms with E-state index in [0.29, 0.717) is 44.3 Å². The van der Waals surface area contributed by atoms with E-state index in [1.165, 1.54) is 4.31 Å². The van der Waals surface area contributed by atoms with Gasteiger partial charge in [-0.1, -0.05) is 50.1 Å². The molecule has 2 unspecified atom stereocenters. The van der Waals surface area contributed by atoms with Crippen LogP contribution in [0.3, 0.4) is 0 Å². The first-order valence-corrected chi connectivity index (χ1v) is 13.0. The first kappa shape index (κ1) is 24.9. The summed E-state index contributed by atoms with van der Waals surface area (Å²) in [7, 11) is -1.88. The lowest BCUT2D eigenvalue weighted by Crippen LogP contribution is -2.56. The highest BCUT2D eigenvalue weighted by Crippen LogP contribution is 2.23. The number of benzene rings is 1. The summed E-state index contributed by atoms with van der Waals surface area (Å²) in [5.74, 6) is -0.855. The Bertz CT molecular complexity index is 1040. The van der Waals surface area contributed by atoms with Crippen molar-refractivity contribution in [1.29, 1.82) is 0 Å². The Hall–Kier alpha value is -2.72. The van der Waals surface area contributed by atoms with Crippen LogP contribution in [0.2, 0.25) is 0 Å². The van der Waals surface area contributed by atoms with E-state index in [-0.39, 0.29) is 11.7 Å². The number of piperidine rings is 1. The van der Waals surface area contributed by atoms with Crippen LogP contribution in [0.25, 0.3) is 0 Å². The third kappa shape index (κ3) is 6.88. The van der Waals surface area contributed by atoms with Crippen LogP contribution >= 0.6 is 0 Å². The molecule has 1 aromatic carbocycles. The molecule has 180 valence electrons. The molecule has 1 aliphatic heterocycles. The van der Waals surface area contributed by atoms with Crippen LogP contribution in [-0.4, -0.2) is 52.9 Å². The number of aryl methyl sites for hydroxylation is 1. The monoisotopic (exact) mass is 475 g/mol. The van der Waals surface area contributed by atoms with Crippen LogP contribution in [0.4, 0.5) is 0 Å². The third-order valence-electron chi connectivity index (χ3n) is 5.74. The Morgan fingerprint density at radius 1 is 1.18 bits per heavy atom. The molecule has 2 heterocycles. The molecule has 2 atom stereocenters. The first-order valence-electron chi connectivity index (χ1n) is 11.4. The number of rotatable bonds is 10. The number of hydrogen-bond acceptors (Lipinski definition) is 5. The van der Waals surface area contributed by atoms with Crippen LogP contribution < -0.4 is 10.6 Å². The van der Waals surface area contributed by atoms with E-state index in [2.05, 4.69) is 15.7 Å². The van der Waals surface area contributed by atoms with E-state index in [1.807, 2.05) is 19.2 Å². The van der Waals surface area contributed by atoms with Gasteiger partial charge in [0.25, 0.3) is 0 Å². The number of nitrogens with zero attached hydrogens (tertiary/aromatic N) is 3. The summed E-state index contributed by atoms with van der Waals surface area (Å²) in [6, 6.07) is 7.43. The zero-order valence-electron chi connectivity index (χ0n) is 19.2. The van der Waals surface area contributed by atoms with Crippen molar-refractivity contribution in [2.75, 3.05) is 6.54 Å². The second-order valence-corrected chi connectivity index (χ2v) is 10.4. The number of nitrogens with one attached hydrogen (secondary N) is 2. The quantitative estimate of drug-likeness (QED) is 0.543. The maximum Gasteiger partial charge on any atom is 0.242 e. The van der Waals surface area contributed by atoms with Gasteiger partial charge < -0.3 is 10.6 Å². The van der Waals surface area contributed by atoms with Gasteiger partial charge in [-0.25, -0.2) is 8.42 Å². The molecule has 9 nitrogen and oxygen atoms in total. The zero-order chi connectivity index (χ0) is 23.8. The Balaban J connectivity index is 1.67. The van der Waals surface area contributed by atoms with E-state index < -0.39 is 28.0 Å². The zero-order valence-corrected chi connectivity index (χ0v) is 20.1. The van der Waals surface area contributed by atoms with Gasteiger partial charge in [-0.3, -0.25) is 14.3 Å². The van der Waals surface area contributed by atoms with Gasteiger partial charge in [-0.15, -0.1) is 0 Å². The standard InChI is InChI=1S/C23H33N5O4S/c1-3-9-20(22(29)24-14-19-15-25-27(2)16-19)26-23(30)21-12-7-8-13-28(21)33(31,32)17-18-10-5-4-6-11-18/h4-6,10-11,15-16,20-21H,3,7-9,12-14,17H2,1-2H3,(H,24,29)(H,26,30). The van der Waals surface area contributed by atoms with Crippen molar-refractivity contribution in [3.05, 3.63) is 53.9 Å². The summed E-state index contributed by atoms with van der Waals surface area (Å²) < 4.78 is 29.2. The predicted molar refractivity (Wildman–Crippen MR) is 125 cm³/mol. The van der Waals surface area contributed by atoms with Crippen molar-refractivity contribution in [3.63, 3.8) is 0 Å². The maximum absolute atomic E-state index is 13.2. The highest BCUT2D eigenvalue weighted by Gasteiger charge is 2.37. The highest BCUT2D eigenvalue weighted by atomic mass is 32.2. The minimum Gasteiger partial charge on any atom is -0.350 e. The van der Waals surface area contributed by atoms with Crippen LogP contribution in [0.1, 0.15) is 50.2 Å². The Labute approximate surface area is 195 Å². The first-order chi connectivity index (χ1) is 15.8. The molecule has 2 aromatic rings. The van der Waals surface area contributed by atoms with Crippen LogP contribution in [0.5, 0.6) is 0 Å². The number of aromatic nitrogens is 2. The largest absolute Gasteiger partial charge is 0.350 e. The summed E-state index contributed by atoms with van der Waals surface area (Å²) in [5.41, 5.74) is 1.54. The molecule has 3 rings (SSSR count). The van der Waals surface area contributed by atoms with E-state index in [9.17, 15) is 18.0 Å². The number of hydrogen-bond donors (Lipinski definition) is 2. The number of amides is 2. The molecule has 2 amide bonds. The summed E-state index contributed by atoms with van der Waals surface area (Å²) >= 11 is 0. The van der Waals surface area contributed by atoms with Crippen molar-refractivity contribution < 1.29 is 18.0 Å². The van der Waals surface area contributed by atoms with E-state index >= 15 is 0 Å². The van der Waals surface area contributed by atoms with E-state index in [1.54, 1.807) is 42.2 Å². The van der Waals surface area contributed by atoms with Crippen molar-refractivity contribution in [1.82, 2.24) is 24.7 Å². The second kappa shape index (κ2) is 11.4. The van der Waals surface area contributed by atoms with Gasteiger partial charge in [0.05, 0.1) is 11.9 Å². The van der Waals surface area contributed by atoms with Gasteiger partial charge in [0.1, 0.15) is 12.1 Å². The predicted octanol–water partition coefficient (Wildman–Crippen LogP) is 1.71. The molecule has 10 heteroatoms. The number of carbonyl (C=O) groups is 2. The Morgan fingerprint density at radius 2 is 1.94 bits per heavy atom. The fraction of sp³-hybridized carbons (Fsp3) is 0.522. The molecule has 0 spiro atoms. The normalized spacial score (nSPS) is 17.9. The van der Waals surface area contributed by atoms with Gasteiger partial charge in [-0.05, 0) is 24.8 Å². The van der Waals surface area contributed by atoms with Gasteiger partial charge >= 0.3 is 0 Å². The maximum atomic E-state index is 13.2. The highest BCUT2D eigenvalue weighted by molar-refractivity contribution is 7.88. The fourth-order valence-electron chi connectivity index (χ4n) is 4.07. The average molecular weight is 476 g/mol. The van der Waals surface area contributed by atoms with Crippen LogP contribution in [0, 0.1) is 0 Å². The molecular formula is C23H33N5O4S. The minimum absolute atomic E-state index is 0.151. The summed E-state index contributed by atoms with van der Waals surface area (Å²) in [6.07, 6.45) is 6.56. The molecule has 0 saturated carbocycles. The molecule has 0 bridgehead atoms. The Kier molecular flexibility index (Phi) is 8.62. The van der Waals surface area contributed by atoms with Crippen molar-refractivity contribution in [2.45, 2.75) is 63.4 Å². The fourth-order valence-corrected chi connectivity index (χ4v) is 5.84. The average Bonchev–Trinajstić information content (AvgIpc) is 3.22. The van der Waals surface area contributed by atoms with E-state index in [0.717, 1.165) is 12.0 Å². The smallest absolute Gasteiger partial charge is 0.242 e. The van der Waals surface area contributed by atoms with Crippen molar-refractivity contribution in [2.24, 2.45) is 7.05 Å². The Morgan fingerprint density at radius 3 is 2.61 bits per heavy atom. The molecule has 1 aromatic heterocycles. The molecule has 0 aliphatic carbocycles. The van der Waals surface area contributed by atoms with Gasteiger partial charge in [-0.2, -0.15) is 9.40 Å². The van der Waals surface area contributed by atoms with Crippen molar-refractivity contribution in [3.8, 4) is 0 Å². The SMILES string of the molecule is CCCC(NC(=O)C1CCCCN1S(=O)(=O)Cc1ccccc1)C(=O)NCc1cnn(C)c1. The molecule has 1 aliphatic rings. The molecule has 0 radical (unpaired) electrons.